The largest absolute Gasteiger partial charge is 0.489 e. The van der Waals surface area contributed by atoms with Gasteiger partial charge in [0.15, 0.2) is 0 Å². The topological polar surface area (TPSA) is 55.5 Å². The molecule has 0 atom stereocenters. The number of rotatable bonds is 5. The van der Waals surface area contributed by atoms with Gasteiger partial charge in [-0.1, -0.05) is 35.9 Å². The summed E-state index contributed by atoms with van der Waals surface area (Å²) in [7, 11) is 0. The second-order valence-electron chi connectivity index (χ2n) is 4.22. The first-order valence-electron chi connectivity index (χ1n) is 6.06. The highest BCUT2D eigenvalue weighted by Crippen LogP contribution is 2.23. The molecule has 19 heavy (non-hydrogen) atoms. The van der Waals surface area contributed by atoms with Gasteiger partial charge in [0.2, 0.25) is 0 Å². The molecule has 0 saturated carbocycles. The molecule has 0 bridgehead atoms. The van der Waals surface area contributed by atoms with Crippen molar-refractivity contribution in [3.8, 4) is 5.75 Å². The Morgan fingerprint density at radius 2 is 1.89 bits per heavy atom. The van der Waals surface area contributed by atoms with Crippen molar-refractivity contribution < 1.29 is 9.84 Å². The number of halogens is 1. The normalized spacial score (nSPS) is 10.4. The molecule has 0 aromatic heterocycles. The van der Waals surface area contributed by atoms with E-state index in [1.54, 1.807) is 12.1 Å². The maximum absolute atomic E-state index is 9.01. The minimum absolute atomic E-state index is 0.100. The van der Waals surface area contributed by atoms with Crippen LogP contribution in [0.1, 0.15) is 11.1 Å². The number of nitrogens with two attached hydrogens (primary N) is 1. The Morgan fingerprint density at radius 1 is 1.11 bits per heavy atom. The minimum Gasteiger partial charge on any atom is -0.489 e. The van der Waals surface area contributed by atoms with Gasteiger partial charge in [0.05, 0.1) is 0 Å². The number of aliphatic hydroxyl groups excluding tert-OH is 1. The SMILES string of the molecule is Nc1ccc(COc2ccccc2CCO)c(Cl)c1. The van der Waals surface area contributed by atoms with Crippen LogP contribution in [0.5, 0.6) is 5.75 Å². The third-order valence-corrected chi connectivity index (χ3v) is 3.17. The van der Waals surface area contributed by atoms with Crippen molar-refractivity contribution in [1.29, 1.82) is 0 Å². The molecule has 0 radical (unpaired) electrons. The van der Waals surface area contributed by atoms with E-state index in [4.69, 9.17) is 27.2 Å². The number of nitrogen functional groups attached to an aromatic ring is 1. The minimum atomic E-state index is 0.100. The van der Waals surface area contributed by atoms with E-state index in [1.165, 1.54) is 0 Å². The summed E-state index contributed by atoms with van der Waals surface area (Å²) in [4.78, 5) is 0. The van der Waals surface area contributed by atoms with Crippen molar-refractivity contribution in [2.45, 2.75) is 13.0 Å². The number of hydrogen-bond donors (Lipinski definition) is 2. The number of para-hydroxylation sites is 1. The van der Waals surface area contributed by atoms with Crippen LogP contribution in [0.15, 0.2) is 42.5 Å². The van der Waals surface area contributed by atoms with Gasteiger partial charge in [-0.15, -0.1) is 0 Å². The van der Waals surface area contributed by atoms with Crippen LogP contribution in [0.2, 0.25) is 5.02 Å². The first kappa shape index (κ1) is 13.7. The van der Waals surface area contributed by atoms with Crippen molar-refractivity contribution in [2.75, 3.05) is 12.3 Å². The summed E-state index contributed by atoms with van der Waals surface area (Å²) in [6.07, 6.45) is 0.575. The lowest BCUT2D eigenvalue weighted by Gasteiger charge is -2.12. The lowest BCUT2D eigenvalue weighted by atomic mass is 10.1. The zero-order valence-corrected chi connectivity index (χ0v) is 11.2. The first-order chi connectivity index (χ1) is 9.20. The van der Waals surface area contributed by atoms with E-state index in [9.17, 15) is 0 Å². The van der Waals surface area contributed by atoms with E-state index in [1.807, 2.05) is 30.3 Å². The molecule has 0 fully saturated rings. The molecule has 0 spiro atoms. The van der Waals surface area contributed by atoms with E-state index in [0.29, 0.717) is 23.7 Å². The van der Waals surface area contributed by atoms with Gasteiger partial charge in [-0.25, -0.2) is 0 Å². The third kappa shape index (κ3) is 3.63. The van der Waals surface area contributed by atoms with Crippen LogP contribution >= 0.6 is 11.6 Å². The molecule has 2 aromatic rings. The fourth-order valence-electron chi connectivity index (χ4n) is 1.81. The van der Waals surface area contributed by atoms with Crippen LogP contribution in [-0.2, 0) is 13.0 Å². The van der Waals surface area contributed by atoms with Crippen molar-refractivity contribution in [1.82, 2.24) is 0 Å². The summed E-state index contributed by atoms with van der Waals surface area (Å²) in [6.45, 7) is 0.477. The molecule has 0 aliphatic rings. The average molecular weight is 278 g/mol. The third-order valence-electron chi connectivity index (χ3n) is 2.81. The van der Waals surface area contributed by atoms with Crippen LogP contribution in [0, 0.1) is 0 Å². The van der Waals surface area contributed by atoms with Crippen molar-refractivity contribution in [3.63, 3.8) is 0 Å². The summed E-state index contributed by atoms with van der Waals surface area (Å²) < 4.78 is 5.76. The van der Waals surface area contributed by atoms with Gasteiger partial charge < -0.3 is 15.6 Å². The maximum atomic E-state index is 9.01. The van der Waals surface area contributed by atoms with Gasteiger partial charge in [0, 0.05) is 22.9 Å². The van der Waals surface area contributed by atoms with Gasteiger partial charge in [0.1, 0.15) is 12.4 Å². The lowest BCUT2D eigenvalue weighted by molar-refractivity contribution is 0.284. The number of aliphatic hydroxyl groups is 1. The highest BCUT2D eigenvalue weighted by molar-refractivity contribution is 6.31. The smallest absolute Gasteiger partial charge is 0.123 e. The molecule has 0 aliphatic heterocycles. The molecule has 0 heterocycles. The number of benzene rings is 2. The van der Waals surface area contributed by atoms with Crippen molar-refractivity contribution >= 4 is 17.3 Å². The van der Waals surface area contributed by atoms with Gasteiger partial charge in [-0.05, 0) is 30.2 Å². The highest BCUT2D eigenvalue weighted by Gasteiger charge is 2.05. The Kier molecular flexibility index (Phi) is 4.66. The van der Waals surface area contributed by atoms with E-state index < -0.39 is 0 Å². The van der Waals surface area contributed by atoms with E-state index in [-0.39, 0.29) is 6.61 Å². The van der Waals surface area contributed by atoms with Crippen LogP contribution in [0.25, 0.3) is 0 Å². The summed E-state index contributed by atoms with van der Waals surface area (Å²) >= 11 is 6.10. The molecule has 2 aromatic carbocycles. The van der Waals surface area contributed by atoms with Gasteiger partial charge in [-0.3, -0.25) is 0 Å². The maximum Gasteiger partial charge on any atom is 0.123 e. The van der Waals surface area contributed by atoms with E-state index >= 15 is 0 Å². The van der Waals surface area contributed by atoms with Gasteiger partial charge in [0.25, 0.3) is 0 Å². The Bertz CT molecular complexity index is 558. The van der Waals surface area contributed by atoms with Crippen LogP contribution < -0.4 is 10.5 Å². The van der Waals surface area contributed by atoms with Crippen molar-refractivity contribution in [3.05, 3.63) is 58.6 Å². The quantitative estimate of drug-likeness (QED) is 0.826. The van der Waals surface area contributed by atoms with E-state index in [2.05, 4.69) is 0 Å². The Hall–Kier alpha value is -1.71. The van der Waals surface area contributed by atoms with Crippen molar-refractivity contribution in [2.24, 2.45) is 0 Å². The lowest BCUT2D eigenvalue weighted by Crippen LogP contribution is -2.01. The zero-order chi connectivity index (χ0) is 13.7. The molecule has 4 heteroatoms. The first-order valence-corrected chi connectivity index (χ1v) is 6.44. The molecule has 0 unspecified atom stereocenters. The standard InChI is InChI=1S/C15H16ClNO2/c16-14-9-13(17)6-5-12(14)10-19-15-4-2-1-3-11(15)7-8-18/h1-6,9,18H,7-8,10,17H2. The molecular weight excluding hydrogens is 262 g/mol. The molecule has 0 saturated heterocycles. The highest BCUT2D eigenvalue weighted by atomic mass is 35.5. The number of hydrogen-bond acceptors (Lipinski definition) is 3. The molecule has 0 amide bonds. The van der Waals surface area contributed by atoms with Crippen LogP contribution in [0.3, 0.4) is 0 Å². The average Bonchev–Trinajstić information content (AvgIpc) is 2.40. The second kappa shape index (κ2) is 6.45. The second-order valence-corrected chi connectivity index (χ2v) is 4.63. The molecule has 100 valence electrons. The molecule has 2 rings (SSSR count). The zero-order valence-electron chi connectivity index (χ0n) is 10.5. The number of anilines is 1. The monoisotopic (exact) mass is 277 g/mol. The van der Waals surface area contributed by atoms with Crippen LogP contribution in [0.4, 0.5) is 5.69 Å². The number of ether oxygens (including phenoxy) is 1. The molecular formula is C15H16ClNO2. The van der Waals surface area contributed by atoms with Crippen LogP contribution in [-0.4, -0.2) is 11.7 Å². The summed E-state index contributed by atoms with van der Waals surface area (Å²) in [5.41, 5.74) is 8.15. The molecule has 3 N–H and O–H groups in total. The summed E-state index contributed by atoms with van der Waals surface area (Å²) in [6, 6.07) is 13.0. The Morgan fingerprint density at radius 3 is 2.63 bits per heavy atom. The molecule has 3 nitrogen and oxygen atoms in total. The predicted octanol–water partition coefficient (Wildman–Crippen LogP) is 3.04. The summed E-state index contributed by atoms with van der Waals surface area (Å²) in [5, 5.41) is 9.61. The molecule has 0 aliphatic carbocycles. The Balaban J connectivity index is 2.10. The fourth-order valence-corrected chi connectivity index (χ4v) is 2.05. The summed E-state index contributed by atoms with van der Waals surface area (Å²) in [5.74, 6) is 0.768. The fraction of sp³-hybridized carbons (Fsp3) is 0.200. The van der Waals surface area contributed by atoms with Gasteiger partial charge in [-0.2, -0.15) is 0 Å². The Labute approximate surface area is 117 Å². The van der Waals surface area contributed by atoms with E-state index in [0.717, 1.165) is 16.9 Å². The predicted molar refractivity (Wildman–Crippen MR) is 77.4 cm³/mol. The van der Waals surface area contributed by atoms with Gasteiger partial charge >= 0.3 is 0 Å².